The Balaban J connectivity index is 2.37. The van der Waals surface area contributed by atoms with Crippen molar-refractivity contribution in [3.63, 3.8) is 0 Å². The summed E-state index contributed by atoms with van der Waals surface area (Å²) in [5.74, 6) is -3.28. The number of carbonyl (C=O) groups is 3. The van der Waals surface area contributed by atoms with Gasteiger partial charge in [-0.1, -0.05) is 32.1 Å². The van der Waals surface area contributed by atoms with Crippen molar-refractivity contribution in [2.24, 2.45) is 5.92 Å². The van der Waals surface area contributed by atoms with Gasteiger partial charge in [0.1, 0.15) is 5.57 Å². The number of alkyl halides is 3. The highest BCUT2D eigenvalue weighted by molar-refractivity contribution is 6.10. The Morgan fingerprint density at radius 2 is 1.83 bits per heavy atom. The van der Waals surface area contributed by atoms with Crippen LogP contribution in [0.4, 0.5) is 13.2 Å². The van der Waals surface area contributed by atoms with Gasteiger partial charge in [0.05, 0.1) is 7.11 Å². The summed E-state index contributed by atoms with van der Waals surface area (Å²) in [6, 6.07) is -0.634. The van der Waals surface area contributed by atoms with Crippen molar-refractivity contribution in [2.45, 2.75) is 83.5 Å². The smallest absolute Gasteiger partial charge is 0.425 e. The molecule has 1 fully saturated rings. The van der Waals surface area contributed by atoms with E-state index >= 15 is 0 Å². The zero-order chi connectivity index (χ0) is 22.0. The van der Waals surface area contributed by atoms with Crippen molar-refractivity contribution in [3.8, 4) is 0 Å². The molecule has 1 aliphatic carbocycles. The topological polar surface area (TPSA) is 75.7 Å². The Kier molecular flexibility index (Phi) is 7.01. The molecule has 1 unspecified atom stereocenters. The van der Waals surface area contributed by atoms with Crippen molar-refractivity contribution in [1.29, 1.82) is 0 Å². The molecule has 29 heavy (non-hydrogen) atoms. The number of rotatable bonds is 6. The fraction of sp³-hybridized carbons (Fsp3) is 0.750. The number of methoxy groups -OCH3 is 1. The van der Waals surface area contributed by atoms with E-state index in [2.05, 4.69) is 4.74 Å². The molecule has 0 spiro atoms. The fourth-order valence-electron chi connectivity index (χ4n) is 4.39. The third-order valence-corrected chi connectivity index (χ3v) is 5.80. The van der Waals surface area contributed by atoms with E-state index in [1.807, 2.05) is 5.32 Å². The maximum absolute atomic E-state index is 14.3. The molecule has 2 aliphatic rings. The Hall–Kier alpha value is -2.06. The Morgan fingerprint density at radius 3 is 2.31 bits per heavy atom. The SMILES string of the molecule is COC(=O)C1=C(C)N(C(C)C)C(=O)C1(NC(=O)CCC1CCCCC1)C(F)(F)F. The fourth-order valence-corrected chi connectivity index (χ4v) is 4.39. The van der Waals surface area contributed by atoms with Crippen LogP contribution in [-0.2, 0) is 19.1 Å². The number of nitrogens with zero attached hydrogens (tertiary/aromatic N) is 1. The summed E-state index contributed by atoms with van der Waals surface area (Å²) in [6.07, 6.45) is 0.243. The van der Waals surface area contributed by atoms with E-state index in [0.29, 0.717) is 12.3 Å². The van der Waals surface area contributed by atoms with Crippen LogP contribution >= 0.6 is 0 Å². The number of ether oxygens (including phenoxy) is 1. The van der Waals surface area contributed by atoms with E-state index in [0.717, 1.165) is 44.1 Å². The van der Waals surface area contributed by atoms with Gasteiger partial charge in [0.2, 0.25) is 11.4 Å². The van der Waals surface area contributed by atoms with Crippen molar-refractivity contribution >= 4 is 17.8 Å². The minimum atomic E-state index is -5.21. The molecule has 1 atom stereocenters. The molecule has 0 bridgehead atoms. The average molecular weight is 418 g/mol. The number of carbonyl (C=O) groups excluding carboxylic acids is 3. The molecule has 6 nitrogen and oxygen atoms in total. The van der Waals surface area contributed by atoms with Gasteiger partial charge in [-0.15, -0.1) is 0 Å². The van der Waals surface area contributed by atoms with Crippen LogP contribution in [0.3, 0.4) is 0 Å². The zero-order valence-corrected chi connectivity index (χ0v) is 17.3. The van der Waals surface area contributed by atoms with Crippen LogP contribution in [0.2, 0.25) is 0 Å². The van der Waals surface area contributed by atoms with E-state index in [9.17, 15) is 27.6 Å². The van der Waals surface area contributed by atoms with Gasteiger partial charge in [0, 0.05) is 18.2 Å². The monoisotopic (exact) mass is 418 g/mol. The Morgan fingerprint density at radius 1 is 1.24 bits per heavy atom. The van der Waals surface area contributed by atoms with Gasteiger partial charge in [0.15, 0.2) is 0 Å². The maximum Gasteiger partial charge on any atom is 0.425 e. The van der Waals surface area contributed by atoms with Gasteiger partial charge in [-0.3, -0.25) is 9.59 Å². The number of hydrogen-bond donors (Lipinski definition) is 1. The first-order valence-electron chi connectivity index (χ1n) is 9.98. The largest absolute Gasteiger partial charge is 0.466 e. The third-order valence-electron chi connectivity index (χ3n) is 5.80. The van der Waals surface area contributed by atoms with Gasteiger partial charge in [-0.2, -0.15) is 13.2 Å². The average Bonchev–Trinajstić information content (AvgIpc) is 2.87. The number of allylic oxidation sites excluding steroid dienone is 1. The predicted octanol–water partition coefficient (Wildman–Crippen LogP) is 3.46. The second-order valence-electron chi connectivity index (χ2n) is 8.06. The molecule has 1 aliphatic heterocycles. The molecule has 2 rings (SSSR count). The van der Waals surface area contributed by atoms with Gasteiger partial charge >= 0.3 is 12.1 Å². The summed E-state index contributed by atoms with van der Waals surface area (Å²) >= 11 is 0. The highest BCUT2D eigenvalue weighted by Crippen LogP contribution is 2.45. The first-order chi connectivity index (χ1) is 13.5. The van der Waals surface area contributed by atoms with Gasteiger partial charge < -0.3 is 15.0 Å². The van der Waals surface area contributed by atoms with Gasteiger partial charge in [0.25, 0.3) is 5.91 Å². The van der Waals surface area contributed by atoms with E-state index in [-0.39, 0.29) is 12.1 Å². The Labute approximate surface area is 168 Å². The third kappa shape index (κ3) is 4.28. The van der Waals surface area contributed by atoms with Crippen LogP contribution in [0.1, 0.15) is 65.7 Å². The predicted molar refractivity (Wildman–Crippen MR) is 99.4 cm³/mol. The second-order valence-corrected chi connectivity index (χ2v) is 8.06. The van der Waals surface area contributed by atoms with E-state index in [4.69, 9.17) is 0 Å². The lowest BCUT2D eigenvalue weighted by atomic mass is 9.85. The molecular formula is C20H29F3N2O4. The van der Waals surface area contributed by atoms with Crippen LogP contribution < -0.4 is 5.32 Å². The molecule has 2 amide bonds. The van der Waals surface area contributed by atoms with Crippen molar-refractivity contribution < 1.29 is 32.3 Å². The van der Waals surface area contributed by atoms with Gasteiger partial charge in [-0.05, 0) is 33.1 Å². The number of hydrogen-bond acceptors (Lipinski definition) is 4. The molecule has 0 aromatic heterocycles. The zero-order valence-electron chi connectivity index (χ0n) is 17.3. The molecule has 0 radical (unpaired) electrons. The molecule has 1 N–H and O–H groups in total. The van der Waals surface area contributed by atoms with Gasteiger partial charge in [-0.25, -0.2) is 4.79 Å². The summed E-state index contributed by atoms with van der Waals surface area (Å²) in [6.45, 7) is 4.33. The molecule has 164 valence electrons. The van der Waals surface area contributed by atoms with Crippen molar-refractivity contribution in [1.82, 2.24) is 10.2 Å². The molecule has 1 heterocycles. The lowest BCUT2D eigenvalue weighted by molar-refractivity contribution is -0.196. The molecule has 1 saturated carbocycles. The normalized spacial score (nSPS) is 23.7. The summed E-state index contributed by atoms with van der Waals surface area (Å²) in [5, 5.41) is 1.89. The molecule has 0 saturated heterocycles. The van der Waals surface area contributed by atoms with Crippen LogP contribution in [-0.4, -0.2) is 47.6 Å². The van der Waals surface area contributed by atoms with Crippen molar-refractivity contribution in [3.05, 3.63) is 11.3 Å². The number of amides is 2. The van der Waals surface area contributed by atoms with Crippen LogP contribution in [0.15, 0.2) is 11.3 Å². The van der Waals surface area contributed by atoms with E-state index < -0.39 is 41.1 Å². The van der Waals surface area contributed by atoms with Crippen molar-refractivity contribution in [2.75, 3.05) is 7.11 Å². The maximum atomic E-state index is 14.3. The summed E-state index contributed by atoms with van der Waals surface area (Å²) in [7, 11) is 0.942. The van der Waals surface area contributed by atoms with Crippen LogP contribution in [0.5, 0.6) is 0 Å². The second kappa shape index (κ2) is 8.75. The van der Waals surface area contributed by atoms with E-state index in [1.165, 1.54) is 20.8 Å². The summed E-state index contributed by atoms with van der Waals surface area (Å²) in [5.41, 5.74) is -4.48. The Bertz CT molecular complexity index is 696. The molecule has 0 aromatic carbocycles. The lowest BCUT2D eigenvalue weighted by Crippen LogP contribution is -2.66. The van der Waals surface area contributed by atoms with Crippen LogP contribution in [0, 0.1) is 5.92 Å². The van der Waals surface area contributed by atoms with Crippen LogP contribution in [0.25, 0.3) is 0 Å². The minimum absolute atomic E-state index is 0.134. The molecular weight excluding hydrogens is 389 g/mol. The summed E-state index contributed by atoms with van der Waals surface area (Å²) < 4.78 is 47.4. The highest BCUT2D eigenvalue weighted by Gasteiger charge is 2.71. The number of halogens is 3. The lowest BCUT2D eigenvalue weighted by Gasteiger charge is -2.34. The van der Waals surface area contributed by atoms with E-state index in [1.54, 1.807) is 0 Å². The number of esters is 1. The minimum Gasteiger partial charge on any atom is -0.466 e. The standard InChI is InChI=1S/C20H29F3N2O4/c1-12(2)25-13(3)16(17(27)29-4)19(18(25)28,20(21,22)23)24-15(26)11-10-14-8-6-5-7-9-14/h12,14H,5-11H2,1-4H3,(H,24,26). The molecule has 9 heteroatoms. The highest BCUT2D eigenvalue weighted by atomic mass is 19.4. The molecule has 0 aromatic rings. The summed E-state index contributed by atoms with van der Waals surface area (Å²) in [4.78, 5) is 38.6. The first kappa shape index (κ1) is 23.2. The first-order valence-corrected chi connectivity index (χ1v) is 9.98. The number of nitrogens with one attached hydrogen (secondary N) is 1. The quantitative estimate of drug-likeness (QED) is 0.671.